The molecule has 1 amide bonds. The number of carbonyl (C=O) groups is 1. The minimum absolute atomic E-state index is 0. The molecular weight excluding hydrogens is 498 g/mol. The first kappa shape index (κ1) is 27.5. The Hall–Kier alpha value is -2.07. The average molecular weight is 529 g/mol. The van der Waals surface area contributed by atoms with E-state index in [0.29, 0.717) is 19.1 Å². The molecule has 1 saturated carbocycles. The van der Waals surface area contributed by atoms with Crippen LogP contribution < -0.4 is 5.48 Å². The second-order valence-corrected chi connectivity index (χ2v) is 11.8. The largest absolute Gasteiger partial charge is 0.300 e. The molecule has 0 aromatic heterocycles. The highest BCUT2D eigenvalue weighted by atomic mass is 35.5. The highest BCUT2D eigenvalue weighted by Crippen LogP contribution is 2.39. The Balaban J connectivity index is 0.00000342. The number of halogens is 3. The molecule has 2 fully saturated rings. The van der Waals surface area contributed by atoms with Crippen molar-refractivity contribution in [3.8, 4) is 11.1 Å². The number of rotatable bonds is 8. The lowest BCUT2D eigenvalue weighted by molar-refractivity contribution is -0.133. The van der Waals surface area contributed by atoms with Crippen molar-refractivity contribution >= 4 is 28.2 Å². The van der Waals surface area contributed by atoms with Crippen LogP contribution in [0, 0.1) is 0 Å². The van der Waals surface area contributed by atoms with Crippen LogP contribution in [0.3, 0.4) is 0 Å². The average Bonchev–Trinajstić information content (AvgIpc) is 3.68. The summed E-state index contributed by atoms with van der Waals surface area (Å²) in [5.74, 6) is -3.60. The number of nitrogens with one attached hydrogen (secondary N) is 1. The molecule has 2 aliphatic rings. The van der Waals surface area contributed by atoms with Crippen LogP contribution in [-0.4, -0.2) is 54.2 Å². The number of piperidine rings is 1. The Bertz CT molecular complexity index is 1120. The number of aryl methyl sites for hydroxylation is 1. The van der Waals surface area contributed by atoms with Gasteiger partial charge in [0.05, 0.1) is 4.90 Å². The molecule has 0 spiro atoms. The zero-order chi connectivity index (χ0) is 24.6. The second-order valence-electron chi connectivity index (χ2n) is 9.50. The number of hydrogen-bond donors (Lipinski definition) is 2. The summed E-state index contributed by atoms with van der Waals surface area (Å²) >= 11 is 0. The molecule has 4 rings (SSSR count). The molecule has 0 bridgehead atoms. The summed E-state index contributed by atoms with van der Waals surface area (Å²) < 4.78 is 51.7. The van der Waals surface area contributed by atoms with E-state index < -0.39 is 26.4 Å². The summed E-state index contributed by atoms with van der Waals surface area (Å²) in [4.78, 5) is 14.9. The van der Waals surface area contributed by atoms with Crippen molar-refractivity contribution in [2.24, 2.45) is 0 Å². The summed E-state index contributed by atoms with van der Waals surface area (Å²) in [6, 6.07) is 14.0. The monoisotopic (exact) mass is 528 g/mol. The van der Waals surface area contributed by atoms with Crippen LogP contribution in [-0.2, 0) is 21.1 Å². The van der Waals surface area contributed by atoms with E-state index in [-0.39, 0.29) is 43.0 Å². The molecule has 192 valence electrons. The molecule has 6 nitrogen and oxygen atoms in total. The quantitative estimate of drug-likeness (QED) is 0.385. The first-order chi connectivity index (χ1) is 16.1. The van der Waals surface area contributed by atoms with Crippen LogP contribution in [0.1, 0.15) is 44.6 Å². The summed E-state index contributed by atoms with van der Waals surface area (Å²) in [6.45, 7) is 1.89. The van der Waals surface area contributed by atoms with Gasteiger partial charge in [0, 0.05) is 25.6 Å². The zero-order valence-corrected chi connectivity index (χ0v) is 21.2. The molecule has 10 heteroatoms. The number of sulfone groups is 1. The van der Waals surface area contributed by atoms with Gasteiger partial charge in [-0.15, -0.1) is 12.4 Å². The Labute approximate surface area is 211 Å². The maximum Gasteiger partial charge on any atom is 0.265 e. The fourth-order valence-corrected chi connectivity index (χ4v) is 6.64. The molecular formula is C25H31ClF2N2O4S. The lowest BCUT2D eigenvalue weighted by atomic mass is 9.94. The standard InChI is InChI=1S/C25H30F2N2O4S.ClH/c1-24(26,27)13-12-18-2-4-19(5-3-18)20-6-10-22(11-7-20)34(32,33)25(23(30)28-31)14-16-29(17-15-25)21-8-9-21;/h2-7,10-11,21,31H,8-9,12-17H2,1H3,(H,28,30);1H. The van der Waals surface area contributed by atoms with E-state index in [4.69, 9.17) is 0 Å². The fourth-order valence-electron chi connectivity index (χ4n) is 4.69. The van der Waals surface area contributed by atoms with Gasteiger partial charge in [-0.25, -0.2) is 22.7 Å². The third-order valence-electron chi connectivity index (χ3n) is 7.00. The van der Waals surface area contributed by atoms with E-state index >= 15 is 0 Å². The third-order valence-corrected chi connectivity index (χ3v) is 9.52. The first-order valence-corrected chi connectivity index (χ1v) is 13.0. The van der Waals surface area contributed by atoms with Crippen LogP contribution in [0.2, 0.25) is 0 Å². The van der Waals surface area contributed by atoms with Gasteiger partial charge in [0.15, 0.2) is 14.6 Å². The van der Waals surface area contributed by atoms with Gasteiger partial charge in [-0.05, 0) is 67.9 Å². The normalized spacial score (nSPS) is 18.5. The number of nitrogens with zero attached hydrogens (tertiary/aromatic N) is 1. The van der Waals surface area contributed by atoms with Gasteiger partial charge in [0.25, 0.3) is 5.91 Å². The number of carbonyl (C=O) groups excluding carboxylic acids is 1. The van der Waals surface area contributed by atoms with E-state index in [9.17, 15) is 27.2 Å². The summed E-state index contributed by atoms with van der Waals surface area (Å²) in [7, 11) is -4.06. The van der Waals surface area contributed by atoms with E-state index in [1.165, 1.54) is 12.1 Å². The van der Waals surface area contributed by atoms with Crippen molar-refractivity contribution in [1.82, 2.24) is 10.4 Å². The van der Waals surface area contributed by atoms with Crippen LogP contribution >= 0.6 is 12.4 Å². The Morgan fingerprint density at radius 2 is 1.57 bits per heavy atom. The van der Waals surface area contributed by atoms with Crippen molar-refractivity contribution in [3.05, 3.63) is 54.1 Å². The van der Waals surface area contributed by atoms with Crippen LogP contribution in [0.25, 0.3) is 11.1 Å². The summed E-state index contributed by atoms with van der Waals surface area (Å²) in [5.41, 5.74) is 4.00. The lowest BCUT2D eigenvalue weighted by Crippen LogP contribution is -2.58. The zero-order valence-electron chi connectivity index (χ0n) is 19.5. The highest BCUT2D eigenvalue weighted by Gasteiger charge is 2.53. The van der Waals surface area contributed by atoms with Crippen molar-refractivity contribution in [3.63, 3.8) is 0 Å². The summed E-state index contributed by atoms with van der Waals surface area (Å²) in [5, 5.41) is 9.33. The minimum atomic E-state index is -4.06. The topological polar surface area (TPSA) is 86.7 Å². The predicted octanol–water partition coefficient (Wildman–Crippen LogP) is 4.64. The molecule has 0 unspecified atom stereocenters. The Kier molecular flexibility index (Phi) is 8.26. The van der Waals surface area contributed by atoms with Gasteiger partial charge in [0.2, 0.25) is 5.92 Å². The van der Waals surface area contributed by atoms with Gasteiger partial charge in [-0.3, -0.25) is 10.0 Å². The minimum Gasteiger partial charge on any atom is -0.300 e. The van der Waals surface area contributed by atoms with Gasteiger partial charge >= 0.3 is 0 Å². The molecule has 35 heavy (non-hydrogen) atoms. The molecule has 0 atom stereocenters. The molecule has 2 N–H and O–H groups in total. The number of hydroxylamine groups is 1. The number of amides is 1. The van der Waals surface area contributed by atoms with Gasteiger partial charge in [0.1, 0.15) is 0 Å². The number of benzene rings is 2. The molecule has 2 aromatic rings. The third kappa shape index (κ3) is 5.85. The van der Waals surface area contributed by atoms with E-state index in [0.717, 1.165) is 36.5 Å². The predicted molar refractivity (Wildman–Crippen MR) is 132 cm³/mol. The van der Waals surface area contributed by atoms with Crippen molar-refractivity contribution in [1.29, 1.82) is 0 Å². The molecule has 2 aromatic carbocycles. The smallest absolute Gasteiger partial charge is 0.265 e. The van der Waals surface area contributed by atoms with Crippen molar-refractivity contribution < 1.29 is 27.2 Å². The van der Waals surface area contributed by atoms with Crippen LogP contribution in [0.15, 0.2) is 53.4 Å². The summed E-state index contributed by atoms with van der Waals surface area (Å²) in [6.07, 6.45) is 2.49. The van der Waals surface area contributed by atoms with Gasteiger partial charge in [-0.1, -0.05) is 36.4 Å². The SMILES string of the molecule is CC(F)(F)CCc1ccc(-c2ccc(S(=O)(=O)C3(C(=O)NO)CCN(C4CC4)CC3)cc2)cc1.Cl. The van der Waals surface area contributed by atoms with Crippen LogP contribution in [0.5, 0.6) is 0 Å². The van der Waals surface area contributed by atoms with E-state index in [1.54, 1.807) is 29.7 Å². The van der Waals surface area contributed by atoms with Crippen molar-refractivity contribution in [2.75, 3.05) is 13.1 Å². The number of likely N-dealkylation sites (tertiary alicyclic amines) is 1. The Morgan fingerprint density at radius 1 is 1.06 bits per heavy atom. The fraction of sp³-hybridized carbons (Fsp3) is 0.480. The maximum absolute atomic E-state index is 13.6. The molecule has 0 radical (unpaired) electrons. The first-order valence-electron chi connectivity index (χ1n) is 11.6. The molecule has 1 saturated heterocycles. The lowest BCUT2D eigenvalue weighted by Gasteiger charge is -2.39. The van der Waals surface area contributed by atoms with Gasteiger partial charge < -0.3 is 4.90 Å². The molecule has 1 heterocycles. The maximum atomic E-state index is 13.6. The highest BCUT2D eigenvalue weighted by molar-refractivity contribution is 7.93. The van der Waals surface area contributed by atoms with Gasteiger partial charge in [-0.2, -0.15) is 0 Å². The van der Waals surface area contributed by atoms with Crippen LogP contribution in [0.4, 0.5) is 8.78 Å². The van der Waals surface area contributed by atoms with E-state index in [2.05, 4.69) is 4.90 Å². The van der Waals surface area contributed by atoms with Crippen molar-refractivity contribution in [2.45, 2.75) is 67.1 Å². The Morgan fingerprint density at radius 3 is 2.03 bits per heavy atom. The molecule has 1 aliphatic carbocycles. The molecule has 1 aliphatic heterocycles. The van der Waals surface area contributed by atoms with E-state index in [1.807, 2.05) is 12.1 Å². The number of hydrogen-bond acceptors (Lipinski definition) is 5. The second kappa shape index (κ2) is 10.5. The number of alkyl halides is 2.